The third-order valence-corrected chi connectivity index (χ3v) is 5.66. The van der Waals surface area contributed by atoms with Gasteiger partial charge in [0.25, 0.3) is 0 Å². The maximum atomic E-state index is 3.82. The van der Waals surface area contributed by atoms with Gasteiger partial charge in [-0.15, -0.1) is 0 Å². The van der Waals surface area contributed by atoms with Crippen LogP contribution in [0.5, 0.6) is 0 Å². The molecule has 3 atom stereocenters. The fraction of sp³-hybridized carbons (Fsp3) is 1.00. The van der Waals surface area contributed by atoms with Crippen LogP contribution in [0.25, 0.3) is 0 Å². The van der Waals surface area contributed by atoms with E-state index >= 15 is 0 Å². The predicted octanol–water partition coefficient (Wildman–Crippen LogP) is 3.17. The van der Waals surface area contributed by atoms with Crippen molar-refractivity contribution in [2.75, 3.05) is 13.1 Å². The number of nitrogens with one attached hydrogen (secondary N) is 1. The van der Waals surface area contributed by atoms with E-state index in [1.807, 2.05) is 0 Å². The van der Waals surface area contributed by atoms with E-state index in [-0.39, 0.29) is 0 Å². The molecule has 0 amide bonds. The third kappa shape index (κ3) is 2.75. The van der Waals surface area contributed by atoms with Crippen molar-refractivity contribution in [3.8, 4) is 0 Å². The summed E-state index contributed by atoms with van der Waals surface area (Å²) in [6, 6.07) is 2.51. The van der Waals surface area contributed by atoms with Crippen LogP contribution in [0.1, 0.15) is 64.7 Å². The molecule has 1 heterocycles. The van der Waals surface area contributed by atoms with Crippen molar-refractivity contribution < 1.29 is 0 Å². The molecule has 1 saturated heterocycles. The number of rotatable bonds is 4. The maximum Gasteiger partial charge on any atom is 0.0195 e. The summed E-state index contributed by atoms with van der Waals surface area (Å²) in [7, 11) is 0. The second-order valence-corrected chi connectivity index (χ2v) is 6.88. The van der Waals surface area contributed by atoms with Crippen LogP contribution in [-0.2, 0) is 0 Å². The van der Waals surface area contributed by atoms with E-state index in [1.165, 1.54) is 70.9 Å². The topological polar surface area (TPSA) is 15.3 Å². The van der Waals surface area contributed by atoms with Gasteiger partial charge in [-0.05, 0) is 57.9 Å². The first kappa shape index (κ1) is 12.9. The van der Waals surface area contributed by atoms with E-state index in [9.17, 15) is 0 Å². The summed E-state index contributed by atoms with van der Waals surface area (Å²) in [5.41, 5.74) is 0. The Hall–Kier alpha value is -0.0800. The monoisotopic (exact) mass is 250 g/mol. The highest BCUT2D eigenvalue weighted by Crippen LogP contribution is 2.37. The first-order valence-corrected chi connectivity index (χ1v) is 8.34. The van der Waals surface area contributed by atoms with Crippen molar-refractivity contribution in [1.82, 2.24) is 10.2 Å². The molecule has 2 nitrogen and oxygen atoms in total. The van der Waals surface area contributed by atoms with Crippen molar-refractivity contribution >= 4 is 0 Å². The van der Waals surface area contributed by atoms with Crippen LogP contribution in [0, 0.1) is 5.92 Å². The molecule has 1 aliphatic heterocycles. The lowest BCUT2D eigenvalue weighted by atomic mass is 9.91. The van der Waals surface area contributed by atoms with E-state index in [0.29, 0.717) is 0 Å². The Kier molecular flexibility index (Phi) is 4.25. The van der Waals surface area contributed by atoms with Gasteiger partial charge in [-0.1, -0.05) is 19.3 Å². The number of likely N-dealkylation sites (tertiary alicyclic amines) is 1. The van der Waals surface area contributed by atoms with Crippen LogP contribution in [-0.4, -0.2) is 36.1 Å². The zero-order chi connectivity index (χ0) is 12.4. The number of fused-ring (bicyclic) bond motifs is 1. The molecule has 0 radical (unpaired) electrons. The van der Waals surface area contributed by atoms with Crippen LogP contribution >= 0.6 is 0 Å². The highest BCUT2D eigenvalue weighted by molar-refractivity contribution is 4.92. The summed E-state index contributed by atoms with van der Waals surface area (Å²) < 4.78 is 0. The molecule has 18 heavy (non-hydrogen) atoms. The van der Waals surface area contributed by atoms with Crippen molar-refractivity contribution in [2.24, 2.45) is 5.92 Å². The smallest absolute Gasteiger partial charge is 0.0195 e. The molecule has 2 saturated carbocycles. The van der Waals surface area contributed by atoms with Crippen LogP contribution in [0.4, 0.5) is 0 Å². The second-order valence-electron chi connectivity index (χ2n) is 6.88. The molecule has 0 aromatic rings. The molecule has 2 aliphatic carbocycles. The van der Waals surface area contributed by atoms with Gasteiger partial charge in [0, 0.05) is 24.7 Å². The van der Waals surface area contributed by atoms with E-state index in [2.05, 4.69) is 17.1 Å². The van der Waals surface area contributed by atoms with Gasteiger partial charge in [0.05, 0.1) is 0 Å². The van der Waals surface area contributed by atoms with Crippen molar-refractivity contribution in [2.45, 2.75) is 82.8 Å². The molecule has 1 N–H and O–H groups in total. The largest absolute Gasteiger partial charge is 0.312 e. The molecular weight excluding hydrogens is 220 g/mol. The Labute approximate surface area is 113 Å². The molecule has 3 aliphatic rings. The van der Waals surface area contributed by atoms with Gasteiger partial charge < -0.3 is 5.32 Å². The third-order valence-electron chi connectivity index (χ3n) is 5.66. The molecule has 0 spiro atoms. The van der Waals surface area contributed by atoms with Crippen LogP contribution in [0.2, 0.25) is 0 Å². The Morgan fingerprint density at radius 2 is 1.78 bits per heavy atom. The van der Waals surface area contributed by atoms with Gasteiger partial charge in [-0.25, -0.2) is 0 Å². The van der Waals surface area contributed by atoms with Gasteiger partial charge in [-0.3, -0.25) is 4.90 Å². The molecule has 104 valence electrons. The number of piperidine rings is 1. The van der Waals surface area contributed by atoms with E-state index in [1.54, 1.807) is 0 Å². The minimum atomic E-state index is 0.747. The Balaban J connectivity index is 1.49. The van der Waals surface area contributed by atoms with Crippen LogP contribution in [0.15, 0.2) is 0 Å². The van der Waals surface area contributed by atoms with Crippen molar-refractivity contribution in [1.29, 1.82) is 0 Å². The predicted molar refractivity (Wildman–Crippen MR) is 76.8 cm³/mol. The quantitative estimate of drug-likeness (QED) is 0.824. The van der Waals surface area contributed by atoms with Crippen LogP contribution in [0.3, 0.4) is 0 Å². The lowest BCUT2D eigenvalue weighted by molar-refractivity contribution is 0.0732. The SMILES string of the molecule is CC(CNC1CCCC1)N1CCCC2CCCC21. The van der Waals surface area contributed by atoms with Gasteiger partial charge in [0.2, 0.25) is 0 Å². The number of hydrogen-bond acceptors (Lipinski definition) is 2. The fourth-order valence-corrected chi connectivity index (χ4v) is 4.62. The molecule has 3 fully saturated rings. The molecule has 3 rings (SSSR count). The average molecular weight is 250 g/mol. The van der Waals surface area contributed by atoms with E-state index < -0.39 is 0 Å². The summed E-state index contributed by atoms with van der Waals surface area (Å²) in [4.78, 5) is 2.84. The lowest BCUT2D eigenvalue weighted by Crippen LogP contribution is -2.51. The normalized spacial score (nSPS) is 35.8. The first-order valence-electron chi connectivity index (χ1n) is 8.34. The molecule has 0 bridgehead atoms. The highest BCUT2D eigenvalue weighted by atomic mass is 15.2. The Morgan fingerprint density at radius 3 is 2.61 bits per heavy atom. The molecule has 0 aromatic carbocycles. The molecular formula is C16H30N2. The van der Waals surface area contributed by atoms with Crippen LogP contribution < -0.4 is 5.32 Å². The Morgan fingerprint density at radius 1 is 1.00 bits per heavy atom. The summed E-state index contributed by atoms with van der Waals surface area (Å²) >= 11 is 0. The van der Waals surface area contributed by atoms with Gasteiger partial charge >= 0.3 is 0 Å². The zero-order valence-corrected chi connectivity index (χ0v) is 12.0. The number of nitrogens with zero attached hydrogens (tertiary/aromatic N) is 1. The second kappa shape index (κ2) is 5.92. The van der Waals surface area contributed by atoms with Crippen molar-refractivity contribution in [3.63, 3.8) is 0 Å². The maximum absolute atomic E-state index is 3.82. The summed E-state index contributed by atoms with van der Waals surface area (Å²) in [5.74, 6) is 1.03. The van der Waals surface area contributed by atoms with Gasteiger partial charge in [-0.2, -0.15) is 0 Å². The summed E-state index contributed by atoms with van der Waals surface area (Å²) in [5, 5.41) is 3.82. The molecule has 2 heteroatoms. The van der Waals surface area contributed by atoms with E-state index in [0.717, 1.165) is 24.0 Å². The first-order chi connectivity index (χ1) is 8.84. The molecule has 3 unspecified atom stereocenters. The molecule has 0 aromatic heterocycles. The lowest BCUT2D eigenvalue weighted by Gasteiger charge is -2.42. The fourth-order valence-electron chi connectivity index (χ4n) is 4.62. The standard InChI is InChI=1S/C16H30N2/c1-13(12-17-15-8-2-3-9-15)18-11-5-7-14-6-4-10-16(14)18/h13-17H,2-12H2,1H3. The van der Waals surface area contributed by atoms with E-state index in [4.69, 9.17) is 0 Å². The van der Waals surface area contributed by atoms with Gasteiger partial charge in [0.15, 0.2) is 0 Å². The average Bonchev–Trinajstić information content (AvgIpc) is 3.05. The summed E-state index contributed by atoms with van der Waals surface area (Å²) in [6.45, 7) is 5.02. The minimum absolute atomic E-state index is 0.747. The van der Waals surface area contributed by atoms with Crippen molar-refractivity contribution in [3.05, 3.63) is 0 Å². The zero-order valence-electron chi connectivity index (χ0n) is 12.0. The minimum Gasteiger partial charge on any atom is -0.312 e. The highest BCUT2D eigenvalue weighted by Gasteiger charge is 2.36. The Bertz CT molecular complexity index is 260. The summed E-state index contributed by atoms with van der Waals surface area (Å²) in [6.07, 6.45) is 13.1. The van der Waals surface area contributed by atoms with Gasteiger partial charge in [0.1, 0.15) is 0 Å². The number of hydrogen-bond donors (Lipinski definition) is 1.